The van der Waals surface area contributed by atoms with Gasteiger partial charge in [-0.15, -0.1) is 0 Å². The Bertz CT molecular complexity index is 882. The lowest BCUT2D eigenvalue weighted by Crippen LogP contribution is -2.16. The fourth-order valence-corrected chi connectivity index (χ4v) is 3.97. The molecule has 0 unspecified atom stereocenters. The summed E-state index contributed by atoms with van der Waals surface area (Å²) in [5.41, 5.74) is 3.15. The normalized spacial score (nSPS) is 13.9. The number of anilines is 1. The molecule has 0 amide bonds. The predicted molar refractivity (Wildman–Crippen MR) is 110 cm³/mol. The Hall–Kier alpha value is -1.90. The van der Waals surface area contributed by atoms with Crippen LogP contribution >= 0.6 is 10.8 Å². The summed E-state index contributed by atoms with van der Waals surface area (Å²) in [5, 5.41) is 0. The Morgan fingerprint density at radius 1 is 1.19 bits per heavy atom. The lowest BCUT2D eigenvalue weighted by atomic mass is 10.1. The highest BCUT2D eigenvalue weighted by molar-refractivity contribution is 8.70. The van der Waals surface area contributed by atoms with Crippen molar-refractivity contribution in [3.8, 4) is 0 Å². The van der Waals surface area contributed by atoms with Gasteiger partial charge in [-0.3, -0.25) is 4.55 Å². The molecule has 0 saturated heterocycles. The Labute approximate surface area is 158 Å². The number of aliphatic imine (C=N–C) groups is 1. The average molecular weight is 395 g/mol. The summed E-state index contributed by atoms with van der Waals surface area (Å²) in [5.74, 6) is 0. The maximum atomic E-state index is 11.4. The summed E-state index contributed by atoms with van der Waals surface area (Å²) in [4.78, 5) is 6.91. The molecule has 1 N–H and O–H groups in total. The number of benzene rings is 1. The van der Waals surface area contributed by atoms with E-state index in [1.165, 1.54) is 0 Å². The molecule has 0 bridgehead atoms. The van der Waals surface area contributed by atoms with Crippen molar-refractivity contribution < 1.29 is 17.5 Å². The molecule has 1 aliphatic carbocycles. The van der Waals surface area contributed by atoms with E-state index >= 15 is 0 Å². The number of hydrogen-bond donors (Lipinski definition) is 1. The zero-order chi connectivity index (χ0) is 19.3. The Balaban J connectivity index is 2.41. The van der Waals surface area contributed by atoms with Crippen molar-refractivity contribution in [3.63, 3.8) is 0 Å². The molecule has 1 aromatic carbocycles. The fourth-order valence-electron chi connectivity index (χ4n) is 2.30. The molecule has 140 valence electrons. The van der Waals surface area contributed by atoms with Crippen molar-refractivity contribution in [1.29, 1.82) is 0 Å². The highest BCUT2D eigenvalue weighted by Gasteiger charge is 2.15. The van der Waals surface area contributed by atoms with Gasteiger partial charge in [0.25, 0.3) is 0 Å². The zero-order valence-electron chi connectivity index (χ0n) is 15.4. The second-order valence-electron chi connectivity index (χ2n) is 5.82. The van der Waals surface area contributed by atoms with E-state index in [9.17, 15) is 13.0 Å². The molecule has 0 aliphatic heterocycles. The molecule has 0 heterocycles. The van der Waals surface area contributed by atoms with Gasteiger partial charge in [-0.1, -0.05) is 0 Å². The quantitative estimate of drug-likeness (QED) is 0.347. The van der Waals surface area contributed by atoms with Gasteiger partial charge >= 0.3 is 9.15 Å². The van der Waals surface area contributed by atoms with Gasteiger partial charge in [-0.05, 0) is 44.2 Å². The van der Waals surface area contributed by atoms with Crippen LogP contribution < -0.4 is 4.90 Å². The first kappa shape index (κ1) is 20.4. The highest BCUT2D eigenvalue weighted by atomic mass is 33.1. The molecule has 0 fully saturated rings. The SMILES string of the molecule is CCN(C)c1ccc(N=C2C=CC(=[N+](C)CC)C=C2)c(SS(=O)(=O)O)c1. The first-order valence-corrected chi connectivity index (χ1v) is 11.1. The van der Waals surface area contributed by atoms with Crippen LogP contribution in [0.1, 0.15) is 13.8 Å². The highest BCUT2D eigenvalue weighted by Crippen LogP contribution is 2.36. The molecule has 8 heteroatoms. The average Bonchev–Trinajstić information content (AvgIpc) is 2.61. The van der Waals surface area contributed by atoms with E-state index in [1.807, 2.05) is 56.3 Å². The first-order chi connectivity index (χ1) is 12.2. The molecule has 0 radical (unpaired) electrons. The molecule has 26 heavy (non-hydrogen) atoms. The molecule has 0 aromatic heterocycles. The molecular weight excluding hydrogens is 370 g/mol. The van der Waals surface area contributed by atoms with Gasteiger partial charge in [-0.2, -0.15) is 8.42 Å². The maximum Gasteiger partial charge on any atom is 0.324 e. The van der Waals surface area contributed by atoms with Gasteiger partial charge in [0.2, 0.25) is 0 Å². The number of allylic oxidation sites excluding steroid dienone is 4. The number of hydrogen-bond acceptors (Lipinski definition) is 5. The van der Waals surface area contributed by atoms with E-state index in [4.69, 9.17) is 0 Å². The third-order valence-electron chi connectivity index (χ3n) is 4.07. The second kappa shape index (κ2) is 8.66. The monoisotopic (exact) mass is 394 g/mol. The topological polar surface area (TPSA) is 73.0 Å². The van der Waals surface area contributed by atoms with E-state index < -0.39 is 9.15 Å². The van der Waals surface area contributed by atoms with Crippen molar-refractivity contribution in [2.75, 3.05) is 32.1 Å². The van der Waals surface area contributed by atoms with Crippen LogP contribution in [0.5, 0.6) is 0 Å². The van der Waals surface area contributed by atoms with Crippen LogP contribution in [0, 0.1) is 0 Å². The van der Waals surface area contributed by atoms with Crippen molar-refractivity contribution in [2.45, 2.75) is 18.7 Å². The summed E-state index contributed by atoms with van der Waals surface area (Å²) < 4.78 is 34.1. The molecule has 6 nitrogen and oxygen atoms in total. The second-order valence-corrected chi connectivity index (χ2v) is 9.05. The van der Waals surface area contributed by atoms with Gasteiger partial charge in [0.1, 0.15) is 13.6 Å². The van der Waals surface area contributed by atoms with Gasteiger partial charge in [0.05, 0.1) is 16.3 Å². The minimum absolute atomic E-state index is 0.389. The molecule has 1 aliphatic rings. The van der Waals surface area contributed by atoms with E-state index in [1.54, 1.807) is 12.1 Å². The fraction of sp³-hybridized carbons (Fsp3) is 0.333. The summed E-state index contributed by atoms with van der Waals surface area (Å²) in [7, 11) is 0.0920. The number of nitrogens with zero attached hydrogens (tertiary/aromatic N) is 3. The van der Waals surface area contributed by atoms with Gasteiger partial charge in [0, 0.05) is 42.2 Å². The summed E-state index contributed by atoms with van der Waals surface area (Å²) >= 11 is 0. The molecule has 0 atom stereocenters. The van der Waals surface area contributed by atoms with Crippen LogP contribution in [0.15, 0.2) is 52.4 Å². The van der Waals surface area contributed by atoms with E-state index in [-0.39, 0.29) is 0 Å². The lowest BCUT2D eigenvalue weighted by Gasteiger charge is -2.18. The molecule has 0 saturated carbocycles. The lowest BCUT2D eigenvalue weighted by molar-refractivity contribution is -0.491. The summed E-state index contributed by atoms with van der Waals surface area (Å²) in [6.45, 7) is 5.76. The Morgan fingerprint density at radius 3 is 2.38 bits per heavy atom. The van der Waals surface area contributed by atoms with E-state index in [0.717, 1.165) is 24.5 Å². The summed E-state index contributed by atoms with van der Waals surface area (Å²) in [6, 6.07) is 5.37. The van der Waals surface area contributed by atoms with Crippen LogP contribution in [0.2, 0.25) is 0 Å². The minimum Gasteiger partial charge on any atom is -0.375 e. The maximum absolute atomic E-state index is 11.4. The summed E-state index contributed by atoms with van der Waals surface area (Å²) in [6.07, 6.45) is 7.71. The third kappa shape index (κ3) is 5.55. The number of rotatable bonds is 6. The van der Waals surface area contributed by atoms with Crippen molar-refractivity contribution >= 4 is 42.7 Å². The van der Waals surface area contributed by atoms with Crippen LogP contribution in [0.3, 0.4) is 0 Å². The molecule has 0 spiro atoms. The third-order valence-corrected chi connectivity index (χ3v) is 5.96. The van der Waals surface area contributed by atoms with Crippen LogP contribution in [-0.2, 0) is 9.15 Å². The Kier molecular flexibility index (Phi) is 6.80. The molecule has 2 rings (SSSR count). The van der Waals surface area contributed by atoms with Crippen LogP contribution in [0.25, 0.3) is 0 Å². The van der Waals surface area contributed by atoms with E-state index in [2.05, 4.69) is 16.5 Å². The van der Waals surface area contributed by atoms with Crippen molar-refractivity contribution in [1.82, 2.24) is 0 Å². The minimum atomic E-state index is -4.23. The van der Waals surface area contributed by atoms with Gasteiger partial charge < -0.3 is 4.90 Å². The van der Waals surface area contributed by atoms with Crippen LogP contribution in [-0.4, -0.2) is 56.2 Å². The first-order valence-electron chi connectivity index (χ1n) is 8.28. The van der Waals surface area contributed by atoms with Gasteiger partial charge in [-0.25, -0.2) is 9.57 Å². The van der Waals surface area contributed by atoms with E-state index in [0.29, 0.717) is 27.1 Å². The Morgan fingerprint density at radius 2 is 1.85 bits per heavy atom. The smallest absolute Gasteiger partial charge is 0.324 e. The standard InChI is InChI=1S/C18H23N3O3S2/c1-5-20(3)15-9-7-14(8-10-15)19-17-12-11-16(21(4)6-2)13-18(17)25-26(22,23)24/h7-13H,5-6H2,1-4H3/p+1. The van der Waals surface area contributed by atoms with Crippen LogP contribution in [0.4, 0.5) is 11.4 Å². The predicted octanol–water partition coefficient (Wildman–Crippen LogP) is 3.34. The molecule has 1 aromatic rings. The molecular formula is C18H24N3O3S2+. The largest absolute Gasteiger partial charge is 0.375 e. The zero-order valence-corrected chi connectivity index (χ0v) is 17.0. The van der Waals surface area contributed by atoms with Gasteiger partial charge in [0.15, 0.2) is 5.71 Å². The van der Waals surface area contributed by atoms with Crippen molar-refractivity contribution in [2.24, 2.45) is 4.99 Å². The van der Waals surface area contributed by atoms with Crippen molar-refractivity contribution in [3.05, 3.63) is 42.5 Å².